The first-order valence-corrected chi connectivity index (χ1v) is 9.73. The summed E-state index contributed by atoms with van der Waals surface area (Å²) in [5.74, 6) is 1.48. The molecular weight excluding hydrogens is 374 g/mol. The van der Waals surface area contributed by atoms with Crippen molar-refractivity contribution in [3.05, 3.63) is 60.3 Å². The molecular formula is C20H22ClN7. The number of aromatic amines is 1. The minimum atomic E-state index is 0.677. The Hall–Kier alpha value is -2.93. The summed E-state index contributed by atoms with van der Waals surface area (Å²) >= 11 is 6.11. The molecule has 8 heteroatoms. The Kier molecular flexibility index (Phi) is 5.53. The van der Waals surface area contributed by atoms with Crippen LogP contribution in [0.4, 0.5) is 5.95 Å². The van der Waals surface area contributed by atoms with E-state index in [2.05, 4.69) is 32.0 Å². The number of anilines is 1. The number of piperidine rings is 1. The molecule has 0 saturated carbocycles. The molecule has 5 heterocycles. The number of rotatable bonds is 2. The Bertz CT molecular complexity index is 1010. The number of imidazole rings is 1. The summed E-state index contributed by atoms with van der Waals surface area (Å²) in [7, 11) is 0. The molecule has 0 amide bonds. The van der Waals surface area contributed by atoms with Gasteiger partial charge in [-0.1, -0.05) is 18.5 Å². The second-order valence-corrected chi connectivity index (χ2v) is 7.36. The van der Waals surface area contributed by atoms with Gasteiger partial charge in [0.1, 0.15) is 5.65 Å². The van der Waals surface area contributed by atoms with E-state index >= 15 is 0 Å². The van der Waals surface area contributed by atoms with Crippen LogP contribution in [0, 0.1) is 5.92 Å². The predicted molar refractivity (Wildman–Crippen MR) is 110 cm³/mol. The normalized spacial score (nSPS) is 16.6. The number of aromatic nitrogens is 6. The van der Waals surface area contributed by atoms with Crippen LogP contribution in [0.15, 0.2) is 55.2 Å². The van der Waals surface area contributed by atoms with E-state index in [1.807, 2.05) is 47.3 Å². The zero-order valence-corrected chi connectivity index (χ0v) is 16.4. The van der Waals surface area contributed by atoms with Gasteiger partial charge in [-0.2, -0.15) is 5.10 Å². The minimum absolute atomic E-state index is 0.677. The fourth-order valence-corrected chi connectivity index (χ4v) is 3.53. The second kappa shape index (κ2) is 8.39. The van der Waals surface area contributed by atoms with Crippen LogP contribution in [0.3, 0.4) is 0 Å². The quantitative estimate of drug-likeness (QED) is 0.553. The molecule has 1 atom stereocenters. The van der Waals surface area contributed by atoms with Crippen molar-refractivity contribution < 1.29 is 0 Å². The number of H-pyrrole nitrogens is 1. The lowest BCUT2D eigenvalue weighted by atomic mass is 10.0. The maximum absolute atomic E-state index is 6.11. The van der Waals surface area contributed by atoms with Crippen LogP contribution in [0.2, 0.25) is 5.02 Å². The minimum Gasteiger partial charge on any atom is -0.341 e. The van der Waals surface area contributed by atoms with Gasteiger partial charge in [-0.25, -0.2) is 15.0 Å². The molecule has 0 spiro atoms. The molecule has 1 N–H and O–H groups in total. The molecule has 1 saturated heterocycles. The van der Waals surface area contributed by atoms with Gasteiger partial charge in [0.15, 0.2) is 0 Å². The molecule has 0 aromatic carbocycles. The van der Waals surface area contributed by atoms with Gasteiger partial charge in [-0.05, 0) is 43.0 Å². The third-order valence-corrected chi connectivity index (χ3v) is 4.94. The van der Waals surface area contributed by atoms with Gasteiger partial charge in [0, 0.05) is 37.9 Å². The SMILES string of the molecule is CC1CCCN(c2nccc(-c3cnc4ccc(Cl)cn34)n2)C1.c1cn[nH]c1. The van der Waals surface area contributed by atoms with E-state index in [4.69, 9.17) is 16.6 Å². The second-order valence-electron chi connectivity index (χ2n) is 6.92. The van der Waals surface area contributed by atoms with Crippen molar-refractivity contribution in [3.8, 4) is 11.4 Å². The topological polar surface area (TPSA) is 75.0 Å². The zero-order chi connectivity index (χ0) is 19.3. The third-order valence-electron chi connectivity index (χ3n) is 4.72. The van der Waals surface area contributed by atoms with Crippen LogP contribution in [-0.2, 0) is 0 Å². The summed E-state index contributed by atoms with van der Waals surface area (Å²) in [6, 6.07) is 7.50. The first-order valence-electron chi connectivity index (χ1n) is 9.35. The van der Waals surface area contributed by atoms with Crippen LogP contribution in [0.25, 0.3) is 17.0 Å². The molecule has 144 valence electrons. The molecule has 0 aliphatic carbocycles. The third kappa shape index (κ3) is 4.14. The summed E-state index contributed by atoms with van der Waals surface area (Å²) < 4.78 is 1.97. The molecule has 5 rings (SSSR count). The van der Waals surface area contributed by atoms with Crippen LogP contribution in [0.1, 0.15) is 19.8 Å². The molecule has 1 fully saturated rings. The average Bonchev–Trinajstić information content (AvgIpc) is 3.41. The summed E-state index contributed by atoms with van der Waals surface area (Å²) in [5, 5.41) is 6.89. The van der Waals surface area contributed by atoms with Crippen molar-refractivity contribution in [1.82, 2.24) is 29.5 Å². The molecule has 28 heavy (non-hydrogen) atoms. The summed E-state index contributed by atoms with van der Waals surface area (Å²) in [6.07, 6.45) is 11.4. The number of fused-ring (bicyclic) bond motifs is 1. The fraction of sp³-hybridized carbons (Fsp3) is 0.300. The maximum Gasteiger partial charge on any atom is 0.225 e. The van der Waals surface area contributed by atoms with E-state index in [1.54, 1.807) is 12.4 Å². The van der Waals surface area contributed by atoms with Gasteiger partial charge in [-0.15, -0.1) is 0 Å². The van der Waals surface area contributed by atoms with E-state index < -0.39 is 0 Å². The Morgan fingerprint density at radius 2 is 2.11 bits per heavy atom. The van der Waals surface area contributed by atoms with Gasteiger partial charge in [-0.3, -0.25) is 9.50 Å². The Balaban J connectivity index is 0.000000336. The molecule has 4 aromatic heterocycles. The highest BCUT2D eigenvalue weighted by molar-refractivity contribution is 6.30. The van der Waals surface area contributed by atoms with Gasteiger partial charge in [0.25, 0.3) is 0 Å². The summed E-state index contributed by atoms with van der Waals surface area (Å²) in [6.45, 7) is 4.32. The van der Waals surface area contributed by atoms with Crippen molar-refractivity contribution >= 4 is 23.2 Å². The van der Waals surface area contributed by atoms with Crippen molar-refractivity contribution in [1.29, 1.82) is 0 Å². The average molecular weight is 396 g/mol. The van der Waals surface area contributed by atoms with Crippen molar-refractivity contribution in [2.24, 2.45) is 5.92 Å². The molecule has 1 unspecified atom stereocenters. The van der Waals surface area contributed by atoms with Crippen molar-refractivity contribution in [3.63, 3.8) is 0 Å². The number of nitrogens with one attached hydrogen (secondary N) is 1. The number of halogens is 1. The summed E-state index contributed by atoms with van der Waals surface area (Å²) in [5.41, 5.74) is 2.65. The van der Waals surface area contributed by atoms with Gasteiger partial charge < -0.3 is 4.90 Å². The van der Waals surface area contributed by atoms with Gasteiger partial charge in [0.05, 0.1) is 22.6 Å². The largest absolute Gasteiger partial charge is 0.341 e. The Morgan fingerprint density at radius 1 is 1.18 bits per heavy atom. The number of nitrogens with zero attached hydrogens (tertiary/aromatic N) is 6. The molecule has 7 nitrogen and oxygen atoms in total. The number of hydrogen-bond donors (Lipinski definition) is 1. The predicted octanol–water partition coefficient (Wildman–Crippen LogP) is 4.09. The van der Waals surface area contributed by atoms with Crippen LogP contribution in [-0.4, -0.2) is 42.6 Å². The Labute approximate surface area is 168 Å². The van der Waals surface area contributed by atoms with E-state index in [9.17, 15) is 0 Å². The monoisotopic (exact) mass is 395 g/mol. The van der Waals surface area contributed by atoms with E-state index in [-0.39, 0.29) is 0 Å². The number of hydrogen-bond acceptors (Lipinski definition) is 5. The van der Waals surface area contributed by atoms with Crippen molar-refractivity contribution in [2.45, 2.75) is 19.8 Å². The zero-order valence-electron chi connectivity index (χ0n) is 15.7. The fourth-order valence-electron chi connectivity index (χ4n) is 3.37. The Morgan fingerprint density at radius 3 is 2.86 bits per heavy atom. The molecule has 0 bridgehead atoms. The molecule has 0 radical (unpaired) electrons. The van der Waals surface area contributed by atoms with E-state index in [0.717, 1.165) is 36.1 Å². The molecule has 4 aromatic rings. The van der Waals surface area contributed by atoms with Gasteiger partial charge >= 0.3 is 0 Å². The lowest BCUT2D eigenvalue weighted by molar-refractivity contribution is 0.442. The van der Waals surface area contributed by atoms with Crippen LogP contribution < -0.4 is 4.90 Å². The highest BCUT2D eigenvalue weighted by atomic mass is 35.5. The highest BCUT2D eigenvalue weighted by Crippen LogP contribution is 2.24. The van der Waals surface area contributed by atoms with E-state index in [1.165, 1.54) is 12.8 Å². The lowest BCUT2D eigenvalue weighted by Crippen LogP contribution is -2.35. The maximum atomic E-state index is 6.11. The van der Waals surface area contributed by atoms with Crippen LogP contribution >= 0.6 is 11.6 Å². The lowest BCUT2D eigenvalue weighted by Gasteiger charge is -2.30. The first-order chi connectivity index (χ1) is 13.7. The standard InChI is InChI=1S/C17H18ClN5.C3H4N2/c1-12-3-2-8-22(10-12)17-19-7-6-14(21-17)15-9-20-16-5-4-13(18)11-23(15)16;1-2-4-5-3-1/h4-7,9,11-12H,2-3,8,10H2,1H3;1-3H,(H,4,5). The van der Waals surface area contributed by atoms with E-state index in [0.29, 0.717) is 10.9 Å². The van der Waals surface area contributed by atoms with Crippen molar-refractivity contribution in [2.75, 3.05) is 18.0 Å². The highest BCUT2D eigenvalue weighted by Gasteiger charge is 2.19. The first kappa shape index (κ1) is 18.4. The molecule has 1 aliphatic rings. The van der Waals surface area contributed by atoms with Gasteiger partial charge in [0.2, 0.25) is 5.95 Å². The molecule has 1 aliphatic heterocycles. The smallest absolute Gasteiger partial charge is 0.225 e. The van der Waals surface area contributed by atoms with Crippen LogP contribution in [0.5, 0.6) is 0 Å². The summed E-state index contributed by atoms with van der Waals surface area (Å²) in [4.78, 5) is 15.9. The number of pyridine rings is 1.